The summed E-state index contributed by atoms with van der Waals surface area (Å²) in [6.07, 6.45) is 4.71. The van der Waals surface area contributed by atoms with Crippen molar-refractivity contribution in [3.63, 3.8) is 0 Å². The van der Waals surface area contributed by atoms with Gasteiger partial charge in [0.2, 0.25) is 0 Å². The van der Waals surface area contributed by atoms with E-state index < -0.39 is 5.97 Å². The van der Waals surface area contributed by atoms with Crippen LogP contribution in [0.3, 0.4) is 0 Å². The molecule has 22 heavy (non-hydrogen) atoms. The number of carboxylic acid groups (broad SMARTS) is 1. The first-order valence-corrected chi connectivity index (χ1v) is 7.66. The average molecular weight is 298 g/mol. The molecule has 0 aliphatic rings. The molecular weight excluding hydrogens is 276 g/mol. The van der Waals surface area contributed by atoms with Crippen LogP contribution in [0.25, 0.3) is 11.1 Å². The average Bonchev–Trinajstić information content (AvgIpc) is 2.55. The van der Waals surface area contributed by atoms with Crippen molar-refractivity contribution < 1.29 is 14.6 Å². The summed E-state index contributed by atoms with van der Waals surface area (Å²) in [5.74, 6) is -0.267. The van der Waals surface area contributed by atoms with Crippen molar-refractivity contribution in [3.8, 4) is 16.9 Å². The molecule has 0 radical (unpaired) electrons. The summed E-state index contributed by atoms with van der Waals surface area (Å²) in [6.45, 7) is 2.19. The van der Waals surface area contributed by atoms with Crippen molar-refractivity contribution in [1.29, 1.82) is 0 Å². The highest BCUT2D eigenvalue weighted by molar-refractivity contribution is 5.96. The fourth-order valence-electron chi connectivity index (χ4n) is 2.51. The summed E-state index contributed by atoms with van der Waals surface area (Å²) in [6, 6.07) is 13.2. The van der Waals surface area contributed by atoms with Crippen molar-refractivity contribution in [3.05, 3.63) is 53.6 Å². The number of methoxy groups -OCH3 is 1. The third-order valence-electron chi connectivity index (χ3n) is 3.79. The van der Waals surface area contributed by atoms with Gasteiger partial charge < -0.3 is 9.84 Å². The van der Waals surface area contributed by atoms with Gasteiger partial charge in [-0.15, -0.1) is 0 Å². The lowest BCUT2D eigenvalue weighted by molar-refractivity contribution is 0.0697. The zero-order valence-corrected chi connectivity index (χ0v) is 13.1. The Labute approximate surface area is 131 Å². The van der Waals surface area contributed by atoms with E-state index in [1.807, 2.05) is 12.1 Å². The van der Waals surface area contributed by atoms with Crippen molar-refractivity contribution >= 4 is 5.97 Å². The van der Waals surface area contributed by atoms with Gasteiger partial charge in [0.25, 0.3) is 0 Å². The first-order valence-electron chi connectivity index (χ1n) is 7.66. The van der Waals surface area contributed by atoms with Crippen molar-refractivity contribution in [2.45, 2.75) is 32.6 Å². The summed E-state index contributed by atoms with van der Waals surface area (Å²) in [4.78, 5) is 11.4. The van der Waals surface area contributed by atoms with E-state index in [0.29, 0.717) is 16.9 Å². The normalized spacial score (nSPS) is 10.5. The summed E-state index contributed by atoms with van der Waals surface area (Å²) in [7, 11) is 1.58. The van der Waals surface area contributed by atoms with Crippen molar-refractivity contribution in [1.82, 2.24) is 0 Å². The summed E-state index contributed by atoms with van der Waals surface area (Å²) in [5.41, 5.74) is 3.17. The Bertz CT molecular complexity index is 630. The van der Waals surface area contributed by atoms with Gasteiger partial charge in [-0.3, -0.25) is 0 Å². The van der Waals surface area contributed by atoms with E-state index in [4.69, 9.17) is 4.74 Å². The Balaban J connectivity index is 2.28. The standard InChI is InChI=1S/C19H22O3/c1-3-4-5-6-14-7-9-15(10-8-14)18-13-16(22-2)11-12-17(18)19(20)21/h7-13H,3-6H2,1-2H3,(H,20,21). The van der Waals surface area contributed by atoms with Gasteiger partial charge in [-0.1, -0.05) is 44.0 Å². The number of hydrogen-bond acceptors (Lipinski definition) is 2. The Kier molecular flexibility index (Phi) is 5.59. The van der Waals surface area contributed by atoms with Crippen LogP contribution in [0, 0.1) is 0 Å². The zero-order chi connectivity index (χ0) is 15.9. The molecule has 0 spiro atoms. The molecule has 0 heterocycles. The zero-order valence-electron chi connectivity index (χ0n) is 13.1. The molecule has 0 aromatic heterocycles. The Morgan fingerprint density at radius 2 is 1.82 bits per heavy atom. The third-order valence-corrected chi connectivity index (χ3v) is 3.79. The van der Waals surface area contributed by atoms with Crippen LogP contribution in [0.1, 0.15) is 42.1 Å². The van der Waals surface area contributed by atoms with Gasteiger partial charge in [0.1, 0.15) is 5.75 Å². The number of aromatic carboxylic acids is 1. The Morgan fingerprint density at radius 3 is 2.41 bits per heavy atom. The second-order valence-corrected chi connectivity index (χ2v) is 5.37. The van der Waals surface area contributed by atoms with Gasteiger partial charge in [-0.2, -0.15) is 0 Å². The van der Waals surface area contributed by atoms with Gasteiger partial charge in [-0.25, -0.2) is 4.79 Å². The lowest BCUT2D eigenvalue weighted by Crippen LogP contribution is -2.00. The number of carbonyl (C=O) groups is 1. The number of aryl methyl sites for hydroxylation is 1. The third kappa shape index (κ3) is 3.88. The van der Waals surface area contributed by atoms with Crippen LogP contribution in [-0.4, -0.2) is 18.2 Å². The maximum atomic E-state index is 11.4. The number of benzene rings is 2. The molecule has 2 aromatic rings. The summed E-state index contributed by atoms with van der Waals surface area (Å²) in [5, 5.41) is 9.35. The monoisotopic (exact) mass is 298 g/mol. The van der Waals surface area contributed by atoms with Crippen LogP contribution >= 0.6 is 0 Å². The van der Waals surface area contributed by atoms with Crippen LogP contribution in [0.4, 0.5) is 0 Å². The van der Waals surface area contributed by atoms with Crippen LogP contribution < -0.4 is 4.74 Å². The minimum absolute atomic E-state index is 0.291. The summed E-state index contributed by atoms with van der Waals surface area (Å²) >= 11 is 0. The van der Waals surface area contributed by atoms with E-state index in [1.54, 1.807) is 25.3 Å². The molecule has 0 fully saturated rings. The lowest BCUT2D eigenvalue weighted by atomic mass is 9.97. The molecule has 116 valence electrons. The number of unbranched alkanes of at least 4 members (excludes halogenated alkanes) is 2. The molecule has 2 aromatic carbocycles. The molecule has 0 bridgehead atoms. The molecule has 1 N–H and O–H groups in total. The molecule has 0 aliphatic carbocycles. The van der Waals surface area contributed by atoms with E-state index in [0.717, 1.165) is 12.0 Å². The predicted octanol–water partition coefficient (Wildman–Crippen LogP) is 4.79. The number of ether oxygens (including phenoxy) is 1. The molecule has 0 saturated heterocycles. The second kappa shape index (κ2) is 7.64. The van der Waals surface area contributed by atoms with Crippen LogP contribution in [0.2, 0.25) is 0 Å². The lowest BCUT2D eigenvalue weighted by Gasteiger charge is -2.10. The van der Waals surface area contributed by atoms with Gasteiger partial charge in [0.15, 0.2) is 0 Å². The van der Waals surface area contributed by atoms with Gasteiger partial charge in [-0.05, 0) is 47.7 Å². The van der Waals surface area contributed by atoms with E-state index in [2.05, 4.69) is 19.1 Å². The minimum Gasteiger partial charge on any atom is -0.497 e. The Hall–Kier alpha value is -2.29. The molecule has 3 heteroatoms. The Morgan fingerprint density at radius 1 is 1.09 bits per heavy atom. The smallest absolute Gasteiger partial charge is 0.336 e. The number of hydrogen-bond donors (Lipinski definition) is 1. The molecule has 0 unspecified atom stereocenters. The van der Waals surface area contributed by atoms with Gasteiger partial charge in [0.05, 0.1) is 12.7 Å². The molecule has 0 saturated carbocycles. The van der Waals surface area contributed by atoms with Crippen molar-refractivity contribution in [2.24, 2.45) is 0 Å². The minimum atomic E-state index is -0.926. The predicted molar refractivity (Wildman–Crippen MR) is 88.6 cm³/mol. The van der Waals surface area contributed by atoms with Gasteiger partial charge >= 0.3 is 5.97 Å². The highest BCUT2D eigenvalue weighted by atomic mass is 16.5. The fourth-order valence-corrected chi connectivity index (χ4v) is 2.51. The second-order valence-electron chi connectivity index (χ2n) is 5.37. The van der Waals surface area contributed by atoms with Crippen molar-refractivity contribution in [2.75, 3.05) is 7.11 Å². The highest BCUT2D eigenvalue weighted by Crippen LogP contribution is 2.28. The summed E-state index contributed by atoms with van der Waals surface area (Å²) < 4.78 is 5.21. The maximum absolute atomic E-state index is 11.4. The largest absolute Gasteiger partial charge is 0.497 e. The maximum Gasteiger partial charge on any atom is 0.336 e. The highest BCUT2D eigenvalue weighted by Gasteiger charge is 2.12. The number of rotatable bonds is 7. The molecule has 2 rings (SSSR count). The van der Waals surface area contributed by atoms with E-state index in [9.17, 15) is 9.90 Å². The van der Waals surface area contributed by atoms with Crippen LogP contribution in [0.15, 0.2) is 42.5 Å². The van der Waals surface area contributed by atoms with E-state index in [1.165, 1.54) is 24.8 Å². The molecule has 0 atom stereocenters. The number of carboxylic acids is 1. The SMILES string of the molecule is CCCCCc1ccc(-c2cc(OC)ccc2C(=O)O)cc1. The van der Waals surface area contributed by atoms with E-state index in [-0.39, 0.29) is 0 Å². The van der Waals surface area contributed by atoms with Crippen LogP contribution in [0.5, 0.6) is 5.75 Å². The molecule has 0 aliphatic heterocycles. The molecular formula is C19H22O3. The van der Waals surface area contributed by atoms with Gasteiger partial charge in [0, 0.05) is 0 Å². The quantitative estimate of drug-likeness (QED) is 0.747. The van der Waals surface area contributed by atoms with E-state index >= 15 is 0 Å². The first-order chi connectivity index (χ1) is 10.7. The fraction of sp³-hybridized carbons (Fsp3) is 0.316. The first kappa shape index (κ1) is 16.1. The molecule has 3 nitrogen and oxygen atoms in total. The molecule has 0 amide bonds. The topological polar surface area (TPSA) is 46.5 Å². The van der Waals surface area contributed by atoms with Crippen LogP contribution in [-0.2, 0) is 6.42 Å².